The van der Waals surface area contributed by atoms with Gasteiger partial charge in [0, 0.05) is 30.1 Å². The van der Waals surface area contributed by atoms with Gasteiger partial charge in [-0.2, -0.15) is 0 Å². The maximum absolute atomic E-state index is 12.4. The van der Waals surface area contributed by atoms with Crippen LogP contribution in [0.15, 0.2) is 49.1 Å². The lowest BCUT2D eigenvalue weighted by Gasteiger charge is -2.44. The topological polar surface area (TPSA) is 50.8 Å². The molecule has 0 bridgehead atoms. The molecular weight excluding hydrogens is 460 g/mol. The molecule has 2 aromatic rings. The van der Waals surface area contributed by atoms with Crippen molar-refractivity contribution in [2.75, 3.05) is 44.8 Å². The van der Waals surface area contributed by atoms with Crippen molar-refractivity contribution >= 4 is 23.3 Å². The molecule has 35 heavy (non-hydrogen) atoms. The monoisotopic (exact) mass is 494 g/mol. The molecule has 0 unspecified atom stereocenters. The molecule has 0 aromatic heterocycles. The Bertz CT molecular complexity index is 1100. The number of fused-ring (bicyclic) bond motifs is 3. The van der Waals surface area contributed by atoms with Gasteiger partial charge in [-0.05, 0) is 91.9 Å². The Hall–Kier alpha value is -2.50. The largest absolute Gasteiger partial charge is 0.490 e. The van der Waals surface area contributed by atoms with Crippen molar-refractivity contribution in [1.29, 1.82) is 0 Å². The summed E-state index contributed by atoms with van der Waals surface area (Å²) >= 11 is 6.36. The van der Waals surface area contributed by atoms with Crippen LogP contribution in [0.1, 0.15) is 47.2 Å². The first kappa shape index (κ1) is 24.2. The second-order valence-corrected chi connectivity index (χ2v) is 10.8. The lowest BCUT2D eigenvalue weighted by atomic mass is 9.69. The van der Waals surface area contributed by atoms with Crippen LogP contribution in [0, 0.1) is 11.8 Å². The fourth-order valence-corrected chi connectivity index (χ4v) is 6.35. The lowest BCUT2D eigenvalue weighted by Crippen LogP contribution is -2.49. The predicted molar refractivity (Wildman–Crippen MR) is 141 cm³/mol. The Morgan fingerprint density at radius 1 is 1.29 bits per heavy atom. The first-order valence-corrected chi connectivity index (χ1v) is 13.1. The van der Waals surface area contributed by atoms with E-state index in [4.69, 9.17) is 21.1 Å². The molecule has 0 saturated heterocycles. The Labute approximate surface area is 213 Å². The number of nitrogens with one attached hydrogen (secondary N) is 1. The summed E-state index contributed by atoms with van der Waals surface area (Å²) in [6, 6.07) is 12.0. The zero-order valence-corrected chi connectivity index (χ0v) is 21.3. The van der Waals surface area contributed by atoms with Gasteiger partial charge in [-0.25, -0.2) is 4.79 Å². The average molecular weight is 495 g/mol. The van der Waals surface area contributed by atoms with Gasteiger partial charge < -0.3 is 19.7 Å². The maximum atomic E-state index is 12.4. The van der Waals surface area contributed by atoms with Gasteiger partial charge in [0.15, 0.2) is 0 Å². The normalized spacial score (nSPS) is 25.0. The number of carbonyl (C=O) groups is 1. The van der Waals surface area contributed by atoms with Gasteiger partial charge >= 0.3 is 5.97 Å². The molecule has 0 amide bonds. The van der Waals surface area contributed by atoms with Crippen molar-refractivity contribution in [2.45, 2.75) is 37.5 Å². The van der Waals surface area contributed by atoms with Gasteiger partial charge in [0.05, 0.1) is 25.0 Å². The van der Waals surface area contributed by atoms with Crippen LogP contribution in [0.5, 0.6) is 5.75 Å². The molecular formula is C29H35ClN2O3. The molecule has 3 atom stereocenters. The molecule has 3 aliphatic rings. The van der Waals surface area contributed by atoms with E-state index in [0.29, 0.717) is 24.0 Å². The number of aryl methyl sites for hydroxylation is 1. The van der Waals surface area contributed by atoms with Gasteiger partial charge in [-0.3, -0.25) is 0 Å². The Balaban J connectivity index is 1.49. The zero-order valence-electron chi connectivity index (χ0n) is 20.5. The number of hydrogen-bond acceptors (Lipinski definition) is 5. The van der Waals surface area contributed by atoms with Crippen molar-refractivity contribution < 1.29 is 14.3 Å². The smallest absolute Gasteiger partial charge is 0.337 e. The summed E-state index contributed by atoms with van der Waals surface area (Å²) in [5.74, 6) is 1.78. The fraction of sp³-hybridized carbons (Fsp3) is 0.483. The van der Waals surface area contributed by atoms with E-state index < -0.39 is 0 Å². The molecule has 1 aliphatic heterocycles. The minimum Gasteiger partial charge on any atom is -0.490 e. The van der Waals surface area contributed by atoms with Gasteiger partial charge in [0.2, 0.25) is 0 Å². The van der Waals surface area contributed by atoms with Crippen LogP contribution >= 0.6 is 11.6 Å². The minimum atomic E-state index is -0.320. The van der Waals surface area contributed by atoms with Crippen LogP contribution < -0.4 is 15.0 Å². The molecule has 1 heterocycles. The number of esters is 1. The molecule has 1 N–H and O–H groups in total. The van der Waals surface area contributed by atoms with Crippen molar-refractivity contribution in [3.8, 4) is 5.75 Å². The van der Waals surface area contributed by atoms with Gasteiger partial charge in [-0.15, -0.1) is 6.58 Å². The van der Waals surface area contributed by atoms with E-state index in [1.54, 1.807) is 6.07 Å². The third-order valence-corrected chi connectivity index (χ3v) is 8.42. The number of anilines is 1. The number of hydrogen-bond donors (Lipinski definition) is 1. The van der Waals surface area contributed by atoms with Crippen molar-refractivity contribution in [3.05, 3.63) is 70.8 Å². The number of ether oxygens (including phenoxy) is 2. The Kier molecular flexibility index (Phi) is 7.08. The van der Waals surface area contributed by atoms with Gasteiger partial charge in [0.25, 0.3) is 0 Å². The number of benzene rings is 2. The molecule has 1 saturated carbocycles. The number of methoxy groups -OCH3 is 1. The number of rotatable bonds is 7. The van der Waals surface area contributed by atoms with Crippen LogP contribution in [0.25, 0.3) is 0 Å². The van der Waals surface area contributed by atoms with E-state index in [2.05, 4.69) is 28.9 Å². The highest BCUT2D eigenvalue weighted by Gasteiger charge is 2.43. The summed E-state index contributed by atoms with van der Waals surface area (Å²) in [5, 5.41) is 4.30. The quantitative estimate of drug-likeness (QED) is 0.317. The highest BCUT2D eigenvalue weighted by atomic mass is 35.5. The molecule has 1 spiro atoms. The van der Waals surface area contributed by atoms with E-state index in [1.807, 2.05) is 24.3 Å². The second-order valence-electron chi connectivity index (χ2n) is 10.3. The molecule has 5 rings (SSSR count). The van der Waals surface area contributed by atoms with E-state index >= 15 is 0 Å². The van der Waals surface area contributed by atoms with Crippen LogP contribution in [0.3, 0.4) is 0 Å². The van der Waals surface area contributed by atoms with Crippen LogP contribution in [-0.2, 0) is 16.6 Å². The predicted octanol–water partition coefficient (Wildman–Crippen LogP) is 5.40. The fourth-order valence-electron chi connectivity index (χ4n) is 6.16. The summed E-state index contributed by atoms with van der Waals surface area (Å²) in [5.41, 5.74) is 4.14. The Morgan fingerprint density at radius 3 is 2.91 bits per heavy atom. The summed E-state index contributed by atoms with van der Waals surface area (Å²) < 4.78 is 11.5. The average Bonchev–Trinajstić information content (AvgIpc) is 3.01. The van der Waals surface area contributed by atoms with Crippen molar-refractivity contribution in [1.82, 2.24) is 5.32 Å². The maximum Gasteiger partial charge on any atom is 0.337 e. The summed E-state index contributed by atoms with van der Waals surface area (Å²) in [6.07, 6.45) is 7.64. The molecule has 5 nitrogen and oxygen atoms in total. The first-order valence-electron chi connectivity index (χ1n) is 12.7. The summed E-state index contributed by atoms with van der Waals surface area (Å²) in [7, 11) is 1.43. The van der Waals surface area contributed by atoms with Crippen LogP contribution in [0.4, 0.5) is 5.69 Å². The molecule has 1 fully saturated rings. The van der Waals surface area contributed by atoms with Crippen molar-refractivity contribution in [2.24, 2.45) is 11.8 Å². The highest BCUT2D eigenvalue weighted by Crippen LogP contribution is 2.46. The third kappa shape index (κ3) is 4.81. The van der Waals surface area contributed by atoms with Crippen molar-refractivity contribution in [3.63, 3.8) is 0 Å². The third-order valence-electron chi connectivity index (χ3n) is 8.18. The zero-order chi connectivity index (χ0) is 24.4. The number of halogens is 1. The summed E-state index contributed by atoms with van der Waals surface area (Å²) in [4.78, 5) is 14.8. The number of nitrogens with zero attached hydrogens (tertiary/aromatic N) is 1. The van der Waals surface area contributed by atoms with Crippen LogP contribution in [-0.4, -0.2) is 45.9 Å². The first-order chi connectivity index (χ1) is 17.0. The molecule has 2 aliphatic carbocycles. The van der Waals surface area contributed by atoms with Gasteiger partial charge in [-0.1, -0.05) is 23.7 Å². The second kappa shape index (κ2) is 10.2. The lowest BCUT2D eigenvalue weighted by molar-refractivity contribution is 0.0600. The van der Waals surface area contributed by atoms with Crippen LogP contribution in [0.2, 0.25) is 5.02 Å². The van der Waals surface area contributed by atoms with E-state index in [9.17, 15) is 4.79 Å². The Morgan fingerprint density at radius 2 is 2.14 bits per heavy atom. The molecule has 6 heteroatoms. The number of carbonyl (C=O) groups excluding carboxylic acids is 1. The molecule has 0 radical (unpaired) electrons. The minimum absolute atomic E-state index is 0.108. The van der Waals surface area contributed by atoms with E-state index in [1.165, 1.54) is 31.1 Å². The standard InChI is InChI=1S/C29H35ClN2O3/c1-3-13-31-16-22-6-7-23(22)17-32-18-29(12-4-5-20-14-24(30)9-10-25(20)29)19-35-27-11-8-21(15-26(27)32)28(33)34-2/h3,8-11,14-15,22-23,31H,1,4-7,12-13,16-19H2,2H3/t22-,23-,29-/m0/s1. The SMILES string of the molecule is C=CCNC[C@@H]1CC[C@H]1CN1C[C@@]2(CCCc3cc(Cl)ccc32)COc2ccc(C(=O)OC)cc21. The van der Waals surface area contributed by atoms with E-state index in [0.717, 1.165) is 61.9 Å². The van der Waals surface area contributed by atoms with Gasteiger partial charge in [0.1, 0.15) is 5.75 Å². The molecule has 186 valence electrons. The summed E-state index contributed by atoms with van der Waals surface area (Å²) in [6.45, 7) is 8.12. The molecule has 2 aromatic carbocycles. The van der Waals surface area contributed by atoms with E-state index in [-0.39, 0.29) is 11.4 Å². The highest BCUT2D eigenvalue weighted by molar-refractivity contribution is 6.30.